The van der Waals surface area contributed by atoms with Crippen molar-refractivity contribution in [3.63, 3.8) is 0 Å². The van der Waals surface area contributed by atoms with Gasteiger partial charge in [0.25, 0.3) is 0 Å². The van der Waals surface area contributed by atoms with Gasteiger partial charge in [0.2, 0.25) is 0 Å². The first-order valence-electron chi connectivity index (χ1n) is 6.87. The highest BCUT2D eigenvalue weighted by atomic mass is 16.5. The number of carbonyl (C=O) groups is 1. The van der Waals surface area contributed by atoms with Crippen molar-refractivity contribution in [2.75, 3.05) is 7.05 Å². The fourth-order valence-corrected chi connectivity index (χ4v) is 2.55. The average molecular weight is 283 g/mol. The molecule has 1 heterocycles. The summed E-state index contributed by atoms with van der Waals surface area (Å²) in [5, 5.41) is 9.08. The van der Waals surface area contributed by atoms with E-state index in [0.29, 0.717) is 6.42 Å². The van der Waals surface area contributed by atoms with Crippen LogP contribution in [0.15, 0.2) is 42.5 Å². The van der Waals surface area contributed by atoms with Crippen LogP contribution in [0.2, 0.25) is 0 Å². The summed E-state index contributed by atoms with van der Waals surface area (Å²) in [5.74, 6) is 0.791. The lowest BCUT2D eigenvalue weighted by molar-refractivity contribution is 0.0610. The summed E-state index contributed by atoms with van der Waals surface area (Å²) in [6.45, 7) is 2.05. The summed E-state index contributed by atoms with van der Waals surface area (Å²) in [6, 6.07) is 14.2. The highest BCUT2D eigenvalue weighted by molar-refractivity contribution is 5.73. The molecule has 1 amide bonds. The largest absolute Gasteiger partial charge is 0.469 e. The third-order valence-electron chi connectivity index (χ3n) is 3.84. The number of aryl methyl sites for hydroxylation is 1. The maximum Gasteiger partial charge on any atom is 0.409 e. The molecule has 0 saturated heterocycles. The van der Waals surface area contributed by atoms with Gasteiger partial charge in [0, 0.05) is 24.6 Å². The number of hydrogen-bond donors (Lipinski definition) is 1. The maximum atomic E-state index is 11.1. The van der Waals surface area contributed by atoms with Crippen LogP contribution in [0.1, 0.15) is 11.1 Å². The lowest BCUT2D eigenvalue weighted by atomic mass is 10.0. The zero-order valence-electron chi connectivity index (χ0n) is 12.0. The van der Waals surface area contributed by atoms with E-state index >= 15 is 0 Å². The molecule has 108 valence electrons. The van der Waals surface area contributed by atoms with E-state index in [1.807, 2.05) is 25.1 Å². The van der Waals surface area contributed by atoms with Crippen LogP contribution in [0, 0.1) is 6.92 Å². The Morgan fingerprint density at radius 3 is 2.62 bits per heavy atom. The molecule has 1 aliphatic heterocycles. The van der Waals surface area contributed by atoms with Crippen molar-refractivity contribution in [1.29, 1.82) is 0 Å². The molecule has 1 aliphatic rings. The third kappa shape index (κ3) is 2.44. The molecule has 21 heavy (non-hydrogen) atoms. The van der Waals surface area contributed by atoms with Gasteiger partial charge >= 0.3 is 6.09 Å². The molecule has 0 aliphatic carbocycles. The molecule has 2 aromatic rings. The van der Waals surface area contributed by atoms with Gasteiger partial charge in [0.15, 0.2) is 6.23 Å². The minimum atomic E-state index is -0.982. The molecule has 3 rings (SSSR count). The number of hydrogen-bond acceptors (Lipinski definition) is 2. The van der Waals surface area contributed by atoms with Crippen LogP contribution in [0.4, 0.5) is 4.79 Å². The lowest BCUT2D eigenvalue weighted by Crippen LogP contribution is -2.38. The third-order valence-corrected chi connectivity index (χ3v) is 3.84. The van der Waals surface area contributed by atoms with E-state index in [2.05, 4.69) is 24.3 Å². The molecule has 4 heteroatoms. The zero-order chi connectivity index (χ0) is 15.0. The molecule has 0 radical (unpaired) electrons. The highest BCUT2D eigenvalue weighted by Crippen LogP contribution is 2.39. The summed E-state index contributed by atoms with van der Waals surface area (Å²) < 4.78 is 5.89. The van der Waals surface area contributed by atoms with Gasteiger partial charge in [-0.3, -0.25) is 4.90 Å². The molecule has 0 spiro atoms. The molecule has 0 bridgehead atoms. The number of nitrogens with zero attached hydrogens (tertiary/aromatic N) is 1. The number of amides is 1. The Bertz CT molecular complexity index is 679. The minimum absolute atomic E-state index is 0.455. The van der Waals surface area contributed by atoms with Gasteiger partial charge in [-0.05, 0) is 12.5 Å². The summed E-state index contributed by atoms with van der Waals surface area (Å²) >= 11 is 0. The second kappa shape index (κ2) is 5.13. The second-order valence-corrected chi connectivity index (χ2v) is 5.33. The van der Waals surface area contributed by atoms with Gasteiger partial charge in [-0.2, -0.15) is 0 Å². The fourth-order valence-electron chi connectivity index (χ4n) is 2.55. The van der Waals surface area contributed by atoms with E-state index in [9.17, 15) is 4.79 Å². The van der Waals surface area contributed by atoms with Crippen molar-refractivity contribution in [2.24, 2.45) is 0 Å². The van der Waals surface area contributed by atoms with E-state index in [4.69, 9.17) is 9.84 Å². The van der Waals surface area contributed by atoms with Gasteiger partial charge in [-0.1, -0.05) is 48.0 Å². The second-order valence-electron chi connectivity index (χ2n) is 5.33. The van der Waals surface area contributed by atoms with Gasteiger partial charge in [-0.15, -0.1) is 0 Å². The van der Waals surface area contributed by atoms with E-state index in [1.165, 1.54) is 17.5 Å². The summed E-state index contributed by atoms with van der Waals surface area (Å²) in [4.78, 5) is 12.3. The van der Waals surface area contributed by atoms with Crippen LogP contribution >= 0.6 is 0 Å². The predicted octanol–water partition coefficient (Wildman–Crippen LogP) is 3.53. The first-order chi connectivity index (χ1) is 10.1. The molecular formula is C17H17NO3. The lowest BCUT2D eigenvalue weighted by Gasteiger charge is -2.21. The number of ether oxygens (including phenoxy) is 1. The molecular weight excluding hydrogens is 266 g/mol. The van der Waals surface area contributed by atoms with Gasteiger partial charge in [0.1, 0.15) is 5.75 Å². The smallest absolute Gasteiger partial charge is 0.409 e. The van der Waals surface area contributed by atoms with E-state index in [1.54, 1.807) is 0 Å². The van der Waals surface area contributed by atoms with Gasteiger partial charge < -0.3 is 9.84 Å². The Morgan fingerprint density at radius 2 is 1.95 bits per heavy atom. The van der Waals surface area contributed by atoms with Gasteiger partial charge in [0.05, 0.1) is 0 Å². The van der Waals surface area contributed by atoms with Crippen molar-refractivity contribution in [1.82, 2.24) is 4.90 Å². The van der Waals surface area contributed by atoms with Crippen molar-refractivity contribution in [3.8, 4) is 16.9 Å². The quantitative estimate of drug-likeness (QED) is 0.917. The summed E-state index contributed by atoms with van der Waals surface area (Å²) in [5.41, 5.74) is 4.34. The molecule has 1 atom stereocenters. The number of carboxylic acid groups (broad SMARTS) is 1. The van der Waals surface area contributed by atoms with Crippen LogP contribution in [-0.2, 0) is 6.42 Å². The summed E-state index contributed by atoms with van der Waals surface area (Å²) in [7, 11) is 1.53. The molecule has 4 nitrogen and oxygen atoms in total. The topological polar surface area (TPSA) is 49.8 Å². The van der Waals surface area contributed by atoms with E-state index in [0.717, 1.165) is 22.4 Å². The Kier molecular flexibility index (Phi) is 3.29. The maximum absolute atomic E-state index is 11.1. The molecule has 1 N–H and O–H groups in total. The van der Waals surface area contributed by atoms with Crippen LogP contribution in [0.25, 0.3) is 11.1 Å². The van der Waals surface area contributed by atoms with E-state index in [-0.39, 0.29) is 0 Å². The standard InChI is InChI=1S/C17H17NO3/c1-11-6-8-12(9-7-11)14-5-3-4-13-10-15(21-16(13)14)18(2)17(19)20/h3-9,15H,10H2,1-2H3,(H,19,20). The molecule has 0 fully saturated rings. The number of para-hydroxylation sites is 1. The average Bonchev–Trinajstić information content (AvgIpc) is 2.91. The Balaban J connectivity index is 1.96. The normalized spacial score (nSPS) is 16.2. The number of benzene rings is 2. The summed E-state index contributed by atoms with van der Waals surface area (Å²) in [6.07, 6.45) is -0.855. The van der Waals surface area contributed by atoms with Crippen molar-refractivity contribution in [2.45, 2.75) is 19.6 Å². The Labute approximate surface area is 123 Å². The number of fused-ring (bicyclic) bond motifs is 1. The van der Waals surface area contributed by atoms with Crippen LogP contribution in [0.5, 0.6) is 5.75 Å². The predicted molar refractivity (Wildman–Crippen MR) is 80.5 cm³/mol. The Morgan fingerprint density at radius 1 is 1.24 bits per heavy atom. The SMILES string of the molecule is Cc1ccc(-c2cccc3c2OC(N(C)C(=O)O)C3)cc1. The van der Waals surface area contributed by atoms with Crippen molar-refractivity contribution in [3.05, 3.63) is 53.6 Å². The Hall–Kier alpha value is -2.49. The van der Waals surface area contributed by atoms with Crippen LogP contribution in [0.3, 0.4) is 0 Å². The number of likely N-dealkylation sites (N-methyl/N-ethyl adjacent to an activating group) is 1. The van der Waals surface area contributed by atoms with Crippen LogP contribution < -0.4 is 4.74 Å². The van der Waals surface area contributed by atoms with Crippen molar-refractivity contribution < 1.29 is 14.6 Å². The van der Waals surface area contributed by atoms with Gasteiger partial charge in [-0.25, -0.2) is 4.79 Å². The molecule has 0 aromatic heterocycles. The van der Waals surface area contributed by atoms with Crippen molar-refractivity contribution >= 4 is 6.09 Å². The molecule has 2 aromatic carbocycles. The molecule has 0 saturated carbocycles. The number of rotatable bonds is 2. The molecule has 1 unspecified atom stereocenters. The fraction of sp³-hybridized carbons (Fsp3) is 0.235. The van der Waals surface area contributed by atoms with Crippen LogP contribution in [-0.4, -0.2) is 29.4 Å². The zero-order valence-corrected chi connectivity index (χ0v) is 12.0. The monoisotopic (exact) mass is 283 g/mol. The van der Waals surface area contributed by atoms with E-state index < -0.39 is 12.3 Å². The first-order valence-corrected chi connectivity index (χ1v) is 6.87. The minimum Gasteiger partial charge on any atom is -0.469 e. The highest BCUT2D eigenvalue weighted by Gasteiger charge is 2.30. The first kappa shape index (κ1) is 13.5.